The number of anilines is 1. The molecule has 1 fully saturated rings. The molecule has 160 valence electrons. The Labute approximate surface area is 188 Å². The molecule has 7 heteroatoms. The number of thiocarbonyl (C=S) groups is 1. The summed E-state index contributed by atoms with van der Waals surface area (Å²) in [5.74, 6) is 0.239. The van der Waals surface area contributed by atoms with Crippen LogP contribution in [0.1, 0.15) is 31.2 Å². The van der Waals surface area contributed by atoms with E-state index < -0.39 is 5.97 Å². The number of carbonyl (C=O) groups is 1. The van der Waals surface area contributed by atoms with Crippen LogP contribution in [-0.2, 0) is 11.3 Å². The first kappa shape index (κ1) is 22.4. The van der Waals surface area contributed by atoms with Crippen LogP contribution in [0.25, 0.3) is 0 Å². The Morgan fingerprint density at radius 2 is 1.83 bits per heavy atom. The van der Waals surface area contributed by atoms with Crippen molar-refractivity contribution in [3.05, 3.63) is 59.1 Å². The van der Waals surface area contributed by atoms with E-state index in [1.165, 1.54) is 0 Å². The molecule has 0 unspecified atom stereocenters. The van der Waals surface area contributed by atoms with Gasteiger partial charge in [0.1, 0.15) is 5.75 Å². The molecule has 2 aromatic rings. The number of ether oxygens (including phenoxy) is 1. The van der Waals surface area contributed by atoms with E-state index >= 15 is 0 Å². The molecule has 0 heterocycles. The number of rotatable bonds is 7. The molecule has 5 nitrogen and oxygen atoms in total. The minimum Gasteiger partial charge on any atom is -0.495 e. The Balaban J connectivity index is 1.72. The Morgan fingerprint density at radius 1 is 1.17 bits per heavy atom. The van der Waals surface area contributed by atoms with Gasteiger partial charge in [0.2, 0.25) is 0 Å². The van der Waals surface area contributed by atoms with Gasteiger partial charge in [-0.25, -0.2) is 0 Å². The third-order valence-electron chi connectivity index (χ3n) is 5.60. The summed E-state index contributed by atoms with van der Waals surface area (Å²) in [5.41, 5.74) is 1.93. The molecule has 0 aliphatic heterocycles. The van der Waals surface area contributed by atoms with E-state index in [0.29, 0.717) is 22.6 Å². The highest BCUT2D eigenvalue weighted by molar-refractivity contribution is 7.80. The van der Waals surface area contributed by atoms with E-state index in [1.807, 2.05) is 48.5 Å². The zero-order chi connectivity index (χ0) is 21.5. The van der Waals surface area contributed by atoms with Gasteiger partial charge in [-0.2, -0.15) is 0 Å². The summed E-state index contributed by atoms with van der Waals surface area (Å²) < 4.78 is 5.43. The number of nitrogens with one attached hydrogen (secondary N) is 1. The topological polar surface area (TPSA) is 61.8 Å². The second-order valence-corrected chi connectivity index (χ2v) is 8.52. The molecule has 2 N–H and O–H groups in total. The monoisotopic (exact) mass is 446 g/mol. The maximum atomic E-state index is 11.3. The smallest absolute Gasteiger partial charge is 0.306 e. The lowest BCUT2D eigenvalue weighted by Crippen LogP contribution is -2.39. The van der Waals surface area contributed by atoms with Crippen LogP contribution in [0, 0.1) is 11.8 Å². The minimum absolute atomic E-state index is 0.218. The van der Waals surface area contributed by atoms with Crippen molar-refractivity contribution in [2.24, 2.45) is 11.8 Å². The lowest BCUT2D eigenvalue weighted by molar-refractivity contribution is -0.143. The van der Waals surface area contributed by atoms with Gasteiger partial charge in [-0.3, -0.25) is 4.79 Å². The number of benzene rings is 2. The van der Waals surface area contributed by atoms with Gasteiger partial charge < -0.3 is 20.1 Å². The second kappa shape index (κ2) is 10.6. The molecule has 0 spiro atoms. The summed E-state index contributed by atoms with van der Waals surface area (Å²) in [6.45, 7) is 1.42. The molecule has 30 heavy (non-hydrogen) atoms. The number of halogens is 1. The maximum Gasteiger partial charge on any atom is 0.306 e. The predicted molar refractivity (Wildman–Crippen MR) is 124 cm³/mol. The van der Waals surface area contributed by atoms with Crippen LogP contribution in [0.3, 0.4) is 0 Å². The largest absolute Gasteiger partial charge is 0.495 e. The van der Waals surface area contributed by atoms with Crippen molar-refractivity contribution in [1.82, 2.24) is 4.90 Å². The first-order valence-electron chi connectivity index (χ1n) is 10.1. The Morgan fingerprint density at radius 3 is 2.47 bits per heavy atom. The molecular weight excluding hydrogens is 420 g/mol. The summed E-state index contributed by atoms with van der Waals surface area (Å²) in [6, 6.07) is 15.4. The van der Waals surface area contributed by atoms with Gasteiger partial charge in [0.25, 0.3) is 0 Å². The number of hydrogen-bond donors (Lipinski definition) is 2. The Kier molecular flexibility index (Phi) is 7.94. The van der Waals surface area contributed by atoms with Crippen LogP contribution in [0.2, 0.25) is 5.02 Å². The second-order valence-electron chi connectivity index (χ2n) is 7.69. The SMILES string of the molecule is COc1ccccc1NC(=S)N(Cc1ccc(Cl)cc1)CC1CCC(C(=O)O)CC1. The lowest BCUT2D eigenvalue weighted by atomic mass is 9.82. The minimum atomic E-state index is -0.681. The zero-order valence-corrected chi connectivity index (χ0v) is 18.6. The Hall–Kier alpha value is -2.31. The molecule has 0 saturated heterocycles. The van der Waals surface area contributed by atoms with E-state index in [-0.39, 0.29) is 5.92 Å². The van der Waals surface area contributed by atoms with Gasteiger partial charge in [0.05, 0.1) is 18.7 Å². The van der Waals surface area contributed by atoms with E-state index in [9.17, 15) is 9.90 Å². The number of para-hydroxylation sites is 2. The summed E-state index contributed by atoms with van der Waals surface area (Å²) in [5, 5.41) is 13.9. The highest BCUT2D eigenvalue weighted by atomic mass is 35.5. The Bertz CT molecular complexity index is 867. The summed E-state index contributed by atoms with van der Waals surface area (Å²) in [4.78, 5) is 13.4. The van der Waals surface area contributed by atoms with Crippen molar-refractivity contribution in [3.63, 3.8) is 0 Å². The van der Waals surface area contributed by atoms with E-state index in [0.717, 1.165) is 49.2 Å². The van der Waals surface area contributed by atoms with Crippen LogP contribution in [-0.4, -0.2) is 34.7 Å². The summed E-state index contributed by atoms with van der Waals surface area (Å²) in [7, 11) is 1.63. The van der Waals surface area contributed by atoms with Crippen LogP contribution in [0.15, 0.2) is 48.5 Å². The fraction of sp³-hybridized carbons (Fsp3) is 0.391. The molecule has 0 aromatic heterocycles. The lowest BCUT2D eigenvalue weighted by Gasteiger charge is -2.33. The average molecular weight is 447 g/mol. The van der Waals surface area contributed by atoms with Crippen molar-refractivity contribution in [2.75, 3.05) is 19.0 Å². The zero-order valence-electron chi connectivity index (χ0n) is 17.0. The molecule has 0 atom stereocenters. The highest BCUT2D eigenvalue weighted by Gasteiger charge is 2.27. The first-order chi connectivity index (χ1) is 14.5. The number of methoxy groups -OCH3 is 1. The molecule has 2 aromatic carbocycles. The van der Waals surface area contributed by atoms with E-state index in [4.69, 9.17) is 28.6 Å². The molecule has 0 amide bonds. The van der Waals surface area contributed by atoms with Crippen LogP contribution in [0.4, 0.5) is 5.69 Å². The van der Waals surface area contributed by atoms with Gasteiger partial charge >= 0.3 is 5.97 Å². The van der Waals surface area contributed by atoms with Gasteiger partial charge in [0, 0.05) is 18.1 Å². The average Bonchev–Trinajstić information content (AvgIpc) is 2.75. The van der Waals surface area contributed by atoms with Crippen LogP contribution >= 0.6 is 23.8 Å². The number of carboxylic acid groups (broad SMARTS) is 1. The molecule has 0 bridgehead atoms. The standard InChI is InChI=1S/C23H27ClN2O3S/c1-29-21-5-3-2-4-20(21)25-23(30)26(15-17-8-12-19(24)13-9-17)14-16-6-10-18(11-7-16)22(27)28/h2-5,8-9,12-13,16,18H,6-7,10-11,14-15H2,1H3,(H,25,30)(H,27,28). The normalized spacial score (nSPS) is 18.5. The van der Waals surface area contributed by atoms with Crippen LogP contribution in [0.5, 0.6) is 5.75 Å². The van der Waals surface area contributed by atoms with Gasteiger partial charge in [-0.15, -0.1) is 0 Å². The maximum absolute atomic E-state index is 11.3. The van der Waals surface area contributed by atoms with E-state index in [1.54, 1.807) is 7.11 Å². The molecule has 1 saturated carbocycles. The summed E-state index contributed by atoms with van der Waals surface area (Å²) in [6.07, 6.45) is 3.24. The fourth-order valence-electron chi connectivity index (χ4n) is 3.88. The van der Waals surface area contributed by atoms with Gasteiger partial charge in [0.15, 0.2) is 5.11 Å². The van der Waals surface area contributed by atoms with E-state index in [2.05, 4.69) is 10.2 Å². The van der Waals surface area contributed by atoms with Gasteiger partial charge in [-0.1, -0.05) is 35.9 Å². The number of hydrogen-bond acceptors (Lipinski definition) is 3. The molecule has 1 aliphatic carbocycles. The summed E-state index contributed by atoms with van der Waals surface area (Å²) >= 11 is 11.8. The van der Waals surface area contributed by atoms with Crippen molar-refractivity contribution in [3.8, 4) is 5.75 Å². The highest BCUT2D eigenvalue weighted by Crippen LogP contribution is 2.30. The predicted octanol–water partition coefficient (Wildman–Crippen LogP) is 5.44. The van der Waals surface area contributed by atoms with Crippen molar-refractivity contribution >= 4 is 40.6 Å². The number of aliphatic carboxylic acids is 1. The third-order valence-corrected chi connectivity index (χ3v) is 6.21. The van der Waals surface area contributed by atoms with Gasteiger partial charge in [-0.05, 0) is 73.6 Å². The number of nitrogens with zero attached hydrogens (tertiary/aromatic N) is 1. The first-order valence-corrected chi connectivity index (χ1v) is 10.9. The quantitative estimate of drug-likeness (QED) is 0.552. The van der Waals surface area contributed by atoms with Crippen molar-refractivity contribution < 1.29 is 14.6 Å². The molecule has 3 rings (SSSR count). The number of carboxylic acids is 1. The van der Waals surface area contributed by atoms with Crippen LogP contribution < -0.4 is 10.1 Å². The molecule has 0 radical (unpaired) electrons. The van der Waals surface area contributed by atoms with Crippen molar-refractivity contribution in [1.29, 1.82) is 0 Å². The molecule has 1 aliphatic rings. The third kappa shape index (κ3) is 6.09. The van der Waals surface area contributed by atoms with Crippen molar-refractivity contribution in [2.45, 2.75) is 32.2 Å². The fourth-order valence-corrected chi connectivity index (χ4v) is 4.25. The molecular formula is C23H27ClN2O3S.